The second-order valence-electron chi connectivity index (χ2n) is 7.28. The fourth-order valence-corrected chi connectivity index (χ4v) is 3.26. The lowest BCUT2D eigenvalue weighted by atomic mass is 10.1. The molecular formula is C26H20FN5O3. The first-order chi connectivity index (χ1) is 17.1. The number of hydrogen-bond acceptors (Lipinski definition) is 7. The summed E-state index contributed by atoms with van der Waals surface area (Å²) in [4.78, 5) is 19.2. The van der Waals surface area contributed by atoms with Crippen molar-refractivity contribution in [3.05, 3.63) is 106 Å². The van der Waals surface area contributed by atoms with Gasteiger partial charge in [0.05, 0.1) is 19.0 Å². The first-order valence-electron chi connectivity index (χ1n) is 10.5. The highest BCUT2D eigenvalue weighted by molar-refractivity contribution is 5.81. The Kier molecular flexibility index (Phi) is 7.13. The van der Waals surface area contributed by atoms with Crippen LogP contribution in [0.2, 0.25) is 0 Å². The summed E-state index contributed by atoms with van der Waals surface area (Å²) < 4.78 is 24.9. The molecule has 2 N–H and O–H groups in total. The Morgan fingerprint density at radius 2 is 1.89 bits per heavy atom. The number of ether oxygens (including phenoxy) is 2. The van der Waals surface area contributed by atoms with Crippen molar-refractivity contribution < 1.29 is 13.9 Å². The SMILES string of the molecule is COc1cc(C=NNc2nc(-c3ccccc3)c(C#N)c(=O)[nH]2)ccc1OCc1ccccc1F. The number of benzene rings is 3. The molecule has 0 amide bonds. The van der Waals surface area contributed by atoms with Gasteiger partial charge in [0, 0.05) is 11.1 Å². The summed E-state index contributed by atoms with van der Waals surface area (Å²) in [6.45, 7) is 0.0551. The zero-order valence-corrected chi connectivity index (χ0v) is 18.7. The lowest BCUT2D eigenvalue weighted by Gasteiger charge is -2.11. The van der Waals surface area contributed by atoms with Crippen molar-refractivity contribution in [2.24, 2.45) is 5.10 Å². The predicted octanol–water partition coefficient (Wildman–Crippen LogP) is 4.48. The number of anilines is 1. The van der Waals surface area contributed by atoms with E-state index in [2.05, 4.69) is 20.5 Å². The summed E-state index contributed by atoms with van der Waals surface area (Å²) in [5, 5.41) is 13.5. The number of hydrogen-bond donors (Lipinski definition) is 2. The van der Waals surface area contributed by atoms with Crippen LogP contribution in [0.5, 0.6) is 11.5 Å². The normalized spacial score (nSPS) is 10.7. The second kappa shape index (κ2) is 10.8. The van der Waals surface area contributed by atoms with Crippen molar-refractivity contribution in [1.29, 1.82) is 5.26 Å². The van der Waals surface area contributed by atoms with Crippen LogP contribution in [0.15, 0.2) is 82.7 Å². The molecule has 1 heterocycles. The lowest BCUT2D eigenvalue weighted by Crippen LogP contribution is -2.16. The number of nitrogens with zero attached hydrogens (tertiary/aromatic N) is 3. The van der Waals surface area contributed by atoms with E-state index >= 15 is 0 Å². The van der Waals surface area contributed by atoms with Crippen molar-refractivity contribution in [2.45, 2.75) is 6.61 Å². The molecule has 4 rings (SSSR count). The summed E-state index contributed by atoms with van der Waals surface area (Å²) in [7, 11) is 1.50. The van der Waals surface area contributed by atoms with E-state index in [0.29, 0.717) is 28.2 Å². The molecule has 174 valence electrons. The van der Waals surface area contributed by atoms with E-state index in [4.69, 9.17) is 9.47 Å². The van der Waals surface area contributed by atoms with E-state index in [9.17, 15) is 14.4 Å². The van der Waals surface area contributed by atoms with Crippen molar-refractivity contribution in [3.63, 3.8) is 0 Å². The molecule has 0 fully saturated rings. The molecule has 8 nitrogen and oxygen atoms in total. The molecule has 4 aromatic rings. The van der Waals surface area contributed by atoms with E-state index in [1.54, 1.807) is 60.7 Å². The average Bonchev–Trinajstić information content (AvgIpc) is 2.88. The fraction of sp³-hybridized carbons (Fsp3) is 0.0769. The molecule has 0 atom stereocenters. The smallest absolute Gasteiger partial charge is 0.270 e. The number of methoxy groups -OCH3 is 1. The van der Waals surface area contributed by atoms with Crippen molar-refractivity contribution in [2.75, 3.05) is 12.5 Å². The van der Waals surface area contributed by atoms with Gasteiger partial charge in [-0.05, 0) is 29.8 Å². The van der Waals surface area contributed by atoms with Crippen LogP contribution in [0.3, 0.4) is 0 Å². The predicted molar refractivity (Wildman–Crippen MR) is 130 cm³/mol. The molecule has 0 aliphatic heterocycles. The lowest BCUT2D eigenvalue weighted by molar-refractivity contribution is 0.279. The molecule has 0 unspecified atom stereocenters. The van der Waals surface area contributed by atoms with Gasteiger partial charge in [-0.2, -0.15) is 10.4 Å². The maximum atomic E-state index is 13.8. The van der Waals surface area contributed by atoms with Gasteiger partial charge in [-0.15, -0.1) is 0 Å². The first-order valence-corrected chi connectivity index (χ1v) is 10.5. The highest BCUT2D eigenvalue weighted by Gasteiger charge is 2.13. The molecule has 0 saturated heterocycles. The van der Waals surface area contributed by atoms with Gasteiger partial charge < -0.3 is 9.47 Å². The number of hydrazone groups is 1. The second-order valence-corrected chi connectivity index (χ2v) is 7.28. The Morgan fingerprint density at radius 1 is 1.11 bits per heavy atom. The van der Waals surface area contributed by atoms with Gasteiger partial charge in [-0.25, -0.2) is 14.8 Å². The number of nitriles is 1. The molecule has 0 aliphatic rings. The van der Waals surface area contributed by atoms with Crippen LogP contribution in [0.4, 0.5) is 10.3 Å². The van der Waals surface area contributed by atoms with E-state index in [1.165, 1.54) is 19.4 Å². The third kappa shape index (κ3) is 5.51. The van der Waals surface area contributed by atoms with E-state index in [0.717, 1.165) is 0 Å². The zero-order valence-electron chi connectivity index (χ0n) is 18.7. The maximum absolute atomic E-state index is 13.8. The molecule has 1 aromatic heterocycles. The molecule has 0 saturated carbocycles. The molecule has 0 aliphatic carbocycles. The van der Waals surface area contributed by atoms with Crippen LogP contribution < -0.4 is 20.5 Å². The van der Waals surface area contributed by atoms with Gasteiger partial charge in [0.2, 0.25) is 5.95 Å². The molecule has 0 radical (unpaired) electrons. The monoisotopic (exact) mass is 469 g/mol. The number of rotatable bonds is 8. The number of aromatic nitrogens is 2. The van der Waals surface area contributed by atoms with Crippen LogP contribution in [-0.4, -0.2) is 23.3 Å². The van der Waals surface area contributed by atoms with Gasteiger partial charge in [-0.3, -0.25) is 9.78 Å². The summed E-state index contributed by atoms with van der Waals surface area (Å²) >= 11 is 0. The Labute approximate surface area is 200 Å². The quantitative estimate of drug-likeness (QED) is 0.291. The van der Waals surface area contributed by atoms with Crippen LogP contribution in [-0.2, 0) is 6.61 Å². The number of H-pyrrole nitrogens is 1. The summed E-state index contributed by atoms with van der Waals surface area (Å²) in [5.41, 5.74) is 4.03. The molecular weight excluding hydrogens is 449 g/mol. The third-order valence-electron chi connectivity index (χ3n) is 4.99. The Hall–Kier alpha value is -4.97. The molecule has 0 bridgehead atoms. The Bertz CT molecular complexity index is 1460. The molecule has 3 aromatic carbocycles. The maximum Gasteiger partial charge on any atom is 0.270 e. The van der Waals surface area contributed by atoms with Gasteiger partial charge in [0.15, 0.2) is 11.5 Å². The van der Waals surface area contributed by atoms with Crippen LogP contribution in [0.25, 0.3) is 11.3 Å². The van der Waals surface area contributed by atoms with Crippen molar-refractivity contribution in [3.8, 4) is 28.8 Å². The van der Waals surface area contributed by atoms with E-state index in [-0.39, 0.29) is 29.6 Å². The van der Waals surface area contributed by atoms with Crippen LogP contribution in [0.1, 0.15) is 16.7 Å². The topological polar surface area (TPSA) is 112 Å². The Balaban J connectivity index is 1.50. The number of halogens is 1. The van der Waals surface area contributed by atoms with Gasteiger partial charge >= 0.3 is 0 Å². The largest absolute Gasteiger partial charge is 0.493 e. The minimum atomic E-state index is -0.572. The van der Waals surface area contributed by atoms with E-state index in [1.807, 2.05) is 12.1 Å². The van der Waals surface area contributed by atoms with Crippen molar-refractivity contribution in [1.82, 2.24) is 9.97 Å². The molecule has 35 heavy (non-hydrogen) atoms. The highest BCUT2D eigenvalue weighted by Crippen LogP contribution is 2.28. The van der Waals surface area contributed by atoms with Crippen LogP contribution in [0, 0.1) is 17.1 Å². The van der Waals surface area contributed by atoms with Gasteiger partial charge in [-0.1, -0.05) is 48.5 Å². The fourth-order valence-electron chi connectivity index (χ4n) is 3.26. The summed E-state index contributed by atoms with van der Waals surface area (Å²) in [6.07, 6.45) is 1.50. The zero-order chi connectivity index (χ0) is 24.6. The summed E-state index contributed by atoms with van der Waals surface area (Å²) in [6, 6.07) is 22.4. The standard InChI is InChI=1S/C26H20FN5O3/c1-34-23-13-17(11-12-22(23)35-16-19-9-5-6-10-21(19)27)15-29-32-26-30-24(18-7-3-2-4-8-18)20(14-28)25(33)31-26/h2-13,15H,16H2,1H3,(H2,30,31,32,33). The third-order valence-corrected chi connectivity index (χ3v) is 4.99. The van der Waals surface area contributed by atoms with Gasteiger partial charge in [0.1, 0.15) is 24.1 Å². The number of aromatic amines is 1. The van der Waals surface area contributed by atoms with Crippen molar-refractivity contribution >= 4 is 12.2 Å². The molecule has 0 spiro atoms. The number of nitrogens with one attached hydrogen (secondary N) is 2. The highest BCUT2D eigenvalue weighted by atomic mass is 19.1. The molecule has 9 heteroatoms. The van der Waals surface area contributed by atoms with E-state index < -0.39 is 5.56 Å². The van der Waals surface area contributed by atoms with Gasteiger partial charge in [0.25, 0.3) is 5.56 Å². The van der Waals surface area contributed by atoms with Crippen LogP contribution >= 0.6 is 0 Å². The minimum absolute atomic E-state index is 0.0551. The first kappa shape index (κ1) is 23.2. The average molecular weight is 469 g/mol. The minimum Gasteiger partial charge on any atom is -0.493 e. The summed E-state index contributed by atoms with van der Waals surface area (Å²) in [5.74, 6) is 0.639. The Morgan fingerprint density at radius 3 is 2.63 bits per heavy atom.